The lowest BCUT2D eigenvalue weighted by atomic mass is 10.0. The molecule has 0 N–H and O–H groups in total. The Bertz CT molecular complexity index is 736. The monoisotopic (exact) mass is 329 g/mol. The van der Waals surface area contributed by atoms with Gasteiger partial charge in [0.25, 0.3) is 0 Å². The predicted molar refractivity (Wildman–Crippen MR) is 87.9 cm³/mol. The third-order valence-corrected chi connectivity index (χ3v) is 4.26. The molecule has 2 heterocycles. The van der Waals surface area contributed by atoms with Gasteiger partial charge in [0, 0.05) is 43.4 Å². The van der Waals surface area contributed by atoms with Gasteiger partial charge in [-0.1, -0.05) is 12.1 Å². The molecule has 0 atom stereocenters. The molecule has 0 radical (unpaired) electrons. The highest BCUT2D eigenvalue weighted by molar-refractivity contribution is 5.76. The maximum atomic E-state index is 13.5. The lowest BCUT2D eigenvalue weighted by molar-refractivity contribution is -0.132. The molecule has 1 aliphatic heterocycles. The molecule has 0 unspecified atom stereocenters. The van der Waals surface area contributed by atoms with Crippen LogP contribution in [0, 0.1) is 5.82 Å². The quantitative estimate of drug-likeness (QED) is 0.863. The molecule has 6 heteroatoms. The van der Waals surface area contributed by atoms with E-state index in [1.165, 1.54) is 18.5 Å². The van der Waals surface area contributed by atoms with Crippen LogP contribution in [-0.4, -0.2) is 47.6 Å². The summed E-state index contributed by atoms with van der Waals surface area (Å²) in [7, 11) is 1.59. The molecule has 0 saturated heterocycles. The molecule has 1 amide bonds. The average Bonchev–Trinajstić information content (AvgIpc) is 2.82. The van der Waals surface area contributed by atoms with Crippen LogP contribution in [0.4, 0.5) is 4.39 Å². The highest BCUT2D eigenvalue weighted by Gasteiger charge is 2.22. The summed E-state index contributed by atoms with van der Waals surface area (Å²) in [5.41, 5.74) is 3.44. The van der Waals surface area contributed by atoms with Gasteiger partial charge in [0.15, 0.2) is 0 Å². The van der Waals surface area contributed by atoms with Crippen molar-refractivity contribution in [2.45, 2.75) is 19.3 Å². The fraction of sp³-hybridized carbons (Fsp3) is 0.389. The fourth-order valence-electron chi connectivity index (χ4n) is 3.01. The van der Waals surface area contributed by atoms with E-state index < -0.39 is 0 Å². The first-order chi connectivity index (χ1) is 11.7. The number of benzene rings is 1. The Morgan fingerprint density at radius 3 is 2.92 bits per heavy atom. The summed E-state index contributed by atoms with van der Waals surface area (Å²) in [4.78, 5) is 22.8. The van der Waals surface area contributed by atoms with Gasteiger partial charge in [0.2, 0.25) is 5.91 Å². The van der Waals surface area contributed by atoms with Gasteiger partial charge in [0.1, 0.15) is 12.1 Å². The van der Waals surface area contributed by atoms with Gasteiger partial charge in [-0.05, 0) is 18.6 Å². The summed E-state index contributed by atoms with van der Waals surface area (Å²) in [6.07, 6.45) is 3.25. The van der Waals surface area contributed by atoms with Crippen LogP contribution >= 0.6 is 0 Å². The van der Waals surface area contributed by atoms with E-state index in [1.54, 1.807) is 13.2 Å². The molecule has 0 fully saturated rings. The van der Waals surface area contributed by atoms with Crippen LogP contribution in [0.5, 0.6) is 0 Å². The van der Waals surface area contributed by atoms with Crippen LogP contribution in [0.25, 0.3) is 11.3 Å². The Hall–Kier alpha value is -2.34. The number of nitrogens with zero attached hydrogens (tertiary/aromatic N) is 3. The second kappa shape index (κ2) is 7.49. The van der Waals surface area contributed by atoms with Gasteiger partial charge in [-0.25, -0.2) is 14.4 Å². The maximum absolute atomic E-state index is 13.5. The first-order valence-corrected chi connectivity index (χ1v) is 8.04. The van der Waals surface area contributed by atoms with Crippen LogP contribution in [0.2, 0.25) is 0 Å². The molecule has 0 saturated carbocycles. The maximum Gasteiger partial charge on any atom is 0.224 e. The zero-order valence-electron chi connectivity index (χ0n) is 13.7. The number of hydrogen-bond acceptors (Lipinski definition) is 4. The van der Waals surface area contributed by atoms with Crippen molar-refractivity contribution in [1.82, 2.24) is 14.9 Å². The van der Waals surface area contributed by atoms with Gasteiger partial charge in [0.05, 0.1) is 18.7 Å². The van der Waals surface area contributed by atoms with E-state index in [0.29, 0.717) is 39.0 Å². The van der Waals surface area contributed by atoms with E-state index in [9.17, 15) is 9.18 Å². The normalized spacial score (nSPS) is 14.2. The largest absolute Gasteiger partial charge is 0.384 e. The van der Waals surface area contributed by atoms with Crippen molar-refractivity contribution >= 4 is 5.91 Å². The van der Waals surface area contributed by atoms with Crippen molar-refractivity contribution in [2.75, 3.05) is 26.8 Å². The van der Waals surface area contributed by atoms with Crippen LogP contribution < -0.4 is 0 Å². The van der Waals surface area contributed by atoms with Crippen molar-refractivity contribution in [3.05, 3.63) is 47.7 Å². The van der Waals surface area contributed by atoms with E-state index in [0.717, 1.165) is 22.5 Å². The van der Waals surface area contributed by atoms with E-state index in [4.69, 9.17) is 4.74 Å². The molecule has 24 heavy (non-hydrogen) atoms. The molecule has 1 aliphatic rings. The summed E-state index contributed by atoms with van der Waals surface area (Å²) >= 11 is 0. The molecule has 1 aromatic carbocycles. The number of methoxy groups -OCH3 is 1. The predicted octanol–water partition coefficient (Wildman–Crippen LogP) is 2.25. The van der Waals surface area contributed by atoms with E-state index in [2.05, 4.69) is 9.97 Å². The van der Waals surface area contributed by atoms with Crippen molar-refractivity contribution in [2.24, 2.45) is 0 Å². The van der Waals surface area contributed by atoms with E-state index >= 15 is 0 Å². The van der Waals surface area contributed by atoms with Crippen molar-refractivity contribution in [3.8, 4) is 11.3 Å². The first-order valence-electron chi connectivity index (χ1n) is 8.04. The molecule has 1 aromatic heterocycles. The molecule has 2 aromatic rings. The van der Waals surface area contributed by atoms with Crippen LogP contribution in [0.15, 0.2) is 30.6 Å². The number of carbonyl (C=O) groups is 1. The van der Waals surface area contributed by atoms with Crippen LogP contribution in [0.1, 0.15) is 17.7 Å². The second-order valence-corrected chi connectivity index (χ2v) is 5.78. The standard InChI is InChI=1S/C18H20FN3O2/c1-24-10-7-17(23)22-8-5-15-16(6-9-22)20-12-21-18(15)13-3-2-4-14(19)11-13/h2-4,11-12H,5-10H2,1H3. The summed E-state index contributed by atoms with van der Waals surface area (Å²) < 4.78 is 18.5. The number of ether oxygens (including phenoxy) is 1. The lowest BCUT2D eigenvalue weighted by Crippen LogP contribution is -2.33. The second-order valence-electron chi connectivity index (χ2n) is 5.78. The highest BCUT2D eigenvalue weighted by Crippen LogP contribution is 2.26. The number of rotatable bonds is 4. The highest BCUT2D eigenvalue weighted by atomic mass is 19.1. The van der Waals surface area contributed by atoms with E-state index in [-0.39, 0.29) is 11.7 Å². The molecular weight excluding hydrogens is 309 g/mol. The third kappa shape index (κ3) is 3.59. The van der Waals surface area contributed by atoms with Gasteiger partial charge >= 0.3 is 0 Å². The molecule has 126 valence electrons. The Balaban J connectivity index is 1.84. The zero-order valence-corrected chi connectivity index (χ0v) is 13.7. The lowest BCUT2D eigenvalue weighted by Gasteiger charge is -2.19. The van der Waals surface area contributed by atoms with Gasteiger partial charge < -0.3 is 9.64 Å². The minimum absolute atomic E-state index is 0.0879. The van der Waals surface area contributed by atoms with Crippen molar-refractivity contribution < 1.29 is 13.9 Å². The molecule has 5 nitrogen and oxygen atoms in total. The van der Waals surface area contributed by atoms with Gasteiger partial charge in [-0.2, -0.15) is 0 Å². The Morgan fingerprint density at radius 2 is 2.12 bits per heavy atom. The number of halogens is 1. The van der Waals surface area contributed by atoms with Crippen molar-refractivity contribution in [3.63, 3.8) is 0 Å². The van der Waals surface area contributed by atoms with Crippen LogP contribution in [0.3, 0.4) is 0 Å². The number of carbonyl (C=O) groups excluding carboxylic acids is 1. The number of aromatic nitrogens is 2. The molecule has 3 rings (SSSR count). The van der Waals surface area contributed by atoms with Crippen molar-refractivity contribution in [1.29, 1.82) is 0 Å². The Labute approximate surface area is 140 Å². The summed E-state index contributed by atoms with van der Waals surface area (Å²) in [6, 6.07) is 6.42. The number of hydrogen-bond donors (Lipinski definition) is 0. The summed E-state index contributed by atoms with van der Waals surface area (Å²) in [5, 5.41) is 0. The zero-order chi connectivity index (χ0) is 16.9. The number of amides is 1. The summed E-state index contributed by atoms with van der Waals surface area (Å²) in [6.45, 7) is 1.68. The Kier molecular flexibility index (Phi) is 5.15. The van der Waals surface area contributed by atoms with Gasteiger partial charge in [-0.15, -0.1) is 0 Å². The molecule has 0 spiro atoms. The average molecular weight is 329 g/mol. The van der Waals surface area contributed by atoms with Gasteiger partial charge in [-0.3, -0.25) is 4.79 Å². The fourth-order valence-corrected chi connectivity index (χ4v) is 3.01. The first kappa shape index (κ1) is 16.5. The Morgan fingerprint density at radius 1 is 1.29 bits per heavy atom. The molecule has 0 aliphatic carbocycles. The SMILES string of the molecule is COCCC(=O)N1CCc2ncnc(-c3cccc(F)c3)c2CC1. The topological polar surface area (TPSA) is 55.3 Å². The molecule has 0 bridgehead atoms. The smallest absolute Gasteiger partial charge is 0.224 e. The van der Waals surface area contributed by atoms with E-state index in [1.807, 2.05) is 11.0 Å². The summed E-state index contributed by atoms with van der Waals surface area (Å²) in [5.74, 6) is -0.199. The minimum atomic E-state index is -0.287. The molecular formula is C18H20FN3O2. The number of fused-ring (bicyclic) bond motifs is 1. The minimum Gasteiger partial charge on any atom is -0.384 e. The third-order valence-electron chi connectivity index (χ3n) is 4.26. The van der Waals surface area contributed by atoms with Crippen LogP contribution in [-0.2, 0) is 22.4 Å².